The molecule has 0 radical (unpaired) electrons. The number of para-hydroxylation sites is 1. The molecule has 0 unspecified atom stereocenters. The fourth-order valence-electron chi connectivity index (χ4n) is 1.55. The Kier molecular flexibility index (Phi) is 5.82. The van der Waals surface area contributed by atoms with Crippen LogP contribution < -0.4 is 4.72 Å². The van der Waals surface area contributed by atoms with Crippen LogP contribution in [-0.4, -0.2) is 27.2 Å². The van der Waals surface area contributed by atoms with Gasteiger partial charge in [-0.1, -0.05) is 31.5 Å². The van der Waals surface area contributed by atoms with Gasteiger partial charge in [-0.3, -0.25) is 9.52 Å². The third kappa shape index (κ3) is 5.30. The lowest BCUT2D eigenvalue weighted by Crippen LogP contribution is -2.18. The predicted octanol–water partition coefficient (Wildman–Crippen LogP) is 1.94. The Hall–Kier alpha value is -1.56. The second-order valence-corrected chi connectivity index (χ2v) is 6.03. The lowest BCUT2D eigenvalue weighted by atomic mass is 10.1. The number of hydrogen-bond acceptors (Lipinski definition) is 4. The number of benzene rings is 1. The van der Waals surface area contributed by atoms with Gasteiger partial charge in [-0.15, -0.1) is 0 Å². The molecule has 0 aliphatic carbocycles. The molecule has 0 saturated heterocycles. The topological polar surface area (TPSA) is 72.5 Å². The normalized spacial score (nSPS) is 11.1. The van der Waals surface area contributed by atoms with Crippen LogP contribution in [0.4, 0.5) is 5.69 Å². The first-order valence-corrected chi connectivity index (χ1v) is 7.79. The summed E-state index contributed by atoms with van der Waals surface area (Å²) in [5.74, 6) is -0.323. The van der Waals surface area contributed by atoms with Crippen molar-refractivity contribution in [2.45, 2.75) is 26.2 Å². The molecule has 1 rings (SSSR count). The summed E-state index contributed by atoms with van der Waals surface area (Å²) in [7, 11) is -2.06. The van der Waals surface area contributed by atoms with Crippen LogP contribution in [0.2, 0.25) is 0 Å². The van der Waals surface area contributed by atoms with E-state index in [0.717, 1.165) is 6.42 Å². The Balaban J connectivity index is 2.86. The number of nitrogens with one attached hydrogen (secondary N) is 1. The van der Waals surface area contributed by atoms with Gasteiger partial charge in [0.15, 0.2) is 0 Å². The van der Waals surface area contributed by atoms with Gasteiger partial charge in [0.1, 0.15) is 0 Å². The summed E-state index contributed by atoms with van der Waals surface area (Å²) in [6.07, 6.45) is 1.46. The van der Waals surface area contributed by atoms with E-state index in [4.69, 9.17) is 0 Å². The molecular formula is C13H19NO4S. The number of sulfonamides is 1. The van der Waals surface area contributed by atoms with Gasteiger partial charge in [-0.2, -0.15) is 0 Å². The summed E-state index contributed by atoms with van der Waals surface area (Å²) in [6, 6.07) is 6.82. The van der Waals surface area contributed by atoms with Crippen molar-refractivity contribution >= 4 is 21.7 Å². The highest BCUT2D eigenvalue weighted by molar-refractivity contribution is 7.92. The number of carbonyl (C=O) groups is 1. The van der Waals surface area contributed by atoms with E-state index < -0.39 is 16.0 Å². The van der Waals surface area contributed by atoms with E-state index in [2.05, 4.69) is 9.46 Å². The lowest BCUT2D eigenvalue weighted by molar-refractivity contribution is -0.139. The fraction of sp³-hybridized carbons (Fsp3) is 0.462. The highest BCUT2D eigenvalue weighted by Crippen LogP contribution is 2.18. The van der Waals surface area contributed by atoms with Crippen molar-refractivity contribution in [3.63, 3.8) is 0 Å². The Morgan fingerprint density at radius 2 is 2.00 bits per heavy atom. The molecule has 5 nitrogen and oxygen atoms in total. The summed E-state index contributed by atoms with van der Waals surface area (Å²) >= 11 is 0. The molecule has 0 heterocycles. The highest BCUT2D eigenvalue weighted by Gasteiger charge is 2.13. The van der Waals surface area contributed by atoms with Gasteiger partial charge >= 0.3 is 5.97 Å². The van der Waals surface area contributed by atoms with E-state index in [-0.39, 0.29) is 12.2 Å². The third-order valence-corrected chi connectivity index (χ3v) is 3.97. The molecule has 0 aliphatic rings. The number of methoxy groups -OCH3 is 1. The van der Waals surface area contributed by atoms with E-state index in [1.165, 1.54) is 7.11 Å². The molecule has 6 heteroatoms. The Bertz CT molecular complexity index is 525. The monoisotopic (exact) mass is 285 g/mol. The standard InChI is InChI=1S/C13H19NO4S/c1-3-4-9-19(16,17)14-12-8-6-5-7-11(12)10-13(15)18-2/h5-8,14H,3-4,9-10H2,1-2H3. The summed E-state index contributed by atoms with van der Waals surface area (Å²) in [6.45, 7) is 1.93. The Morgan fingerprint density at radius 1 is 1.32 bits per heavy atom. The first-order valence-electron chi connectivity index (χ1n) is 6.13. The smallest absolute Gasteiger partial charge is 0.310 e. The largest absolute Gasteiger partial charge is 0.469 e. The maximum Gasteiger partial charge on any atom is 0.310 e. The first-order chi connectivity index (χ1) is 8.98. The fourth-order valence-corrected chi connectivity index (χ4v) is 2.86. The van der Waals surface area contributed by atoms with E-state index in [0.29, 0.717) is 17.7 Å². The average Bonchev–Trinajstić information content (AvgIpc) is 2.38. The number of rotatable bonds is 7. The molecule has 0 fully saturated rings. The van der Waals surface area contributed by atoms with Gasteiger partial charge in [-0.05, 0) is 18.1 Å². The number of carbonyl (C=O) groups excluding carboxylic acids is 1. The highest BCUT2D eigenvalue weighted by atomic mass is 32.2. The molecule has 1 aromatic rings. The van der Waals surface area contributed by atoms with Crippen molar-refractivity contribution in [3.05, 3.63) is 29.8 Å². The summed E-state index contributed by atoms with van der Waals surface area (Å²) < 4.78 is 30.8. The van der Waals surface area contributed by atoms with E-state index in [1.807, 2.05) is 6.92 Å². The van der Waals surface area contributed by atoms with Crippen LogP contribution in [0.15, 0.2) is 24.3 Å². The van der Waals surface area contributed by atoms with Crippen LogP contribution >= 0.6 is 0 Å². The molecule has 1 N–H and O–H groups in total. The molecule has 0 spiro atoms. The van der Waals surface area contributed by atoms with Crippen LogP contribution in [0.3, 0.4) is 0 Å². The van der Waals surface area contributed by atoms with Crippen LogP contribution in [-0.2, 0) is 26.0 Å². The number of esters is 1. The van der Waals surface area contributed by atoms with Gasteiger partial charge in [0.05, 0.1) is 25.0 Å². The number of anilines is 1. The first kappa shape index (κ1) is 15.5. The van der Waals surface area contributed by atoms with Crippen molar-refractivity contribution in [1.29, 1.82) is 0 Å². The number of hydrogen-bond donors (Lipinski definition) is 1. The summed E-state index contributed by atoms with van der Waals surface area (Å²) in [4.78, 5) is 11.3. The Morgan fingerprint density at radius 3 is 2.63 bits per heavy atom. The molecule has 0 amide bonds. The molecule has 19 heavy (non-hydrogen) atoms. The predicted molar refractivity (Wildman–Crippen MR) is 74.5 cm³/mol. The van der Waals surface area contributed by atoms with Crippen molar-refractivity contribution in [3.8, 4) is 0 Å². The number of ether oxygens (including phenoxy) is 1. The second-order valence-electron chi connectivity index (χ2n) is 4.18. The Labute approximate surface area is 114 Å². The van der Waals surface area contributed by atoms with Crippen molar-refractivity contribution in [2.24, 2.45) is 0 Å². The van der Waals surface area contributed by atoms with Gasteiger partial charge in [-0.25, -0.2) is 8.42 Å². The van der Waals surface area contributed by atoms with Crippen LogP contribution in [0, 0.1) is 0 Å². The summed E-state index contributed by atoms with van der Waals surface area (Å²) in [5, 5.41) is 0. The molecular weight excluding hydrogens is 266 g/mol. The van der Waals surface area contributed by atoms with E-state index in [1.54, 1.807) is 24.3 Å². The summed E-state index contributed by atoms with van der Waals surface area (Å²) in [5.41, 5.74) is 1.04. The van der Waals surface area contributed by atoms with Gasteiger partial charge in [0, 0.05) is 0 Å². The maximum absolute atomic E-state index is 11.8. The third-order valence-electron chi connectivity index (χ3n) is 2.61. The molecule has 0 aromatic heterocycles. The zero-order valence-electron chi connectivity index (χ0n) is 11.2. The minimum Gasteiger partial charge on any atom is -0.469 e. The molecule has 0 bridgehead atoms. The van der Waals surface area contributed by atoms with Gasteiger partial charge < -0.3 is 4.74 Å². The van der Waals surface area contributed by atoms with Gasteiger partial charge in [0.25, 0.3) is 0 Å². The lowest BCUT2D eigenvalue weighted by Gasteiger charge is -2.11. The van der Waals surface area contributed by atoms with E-state index >= 15 is 0 Å². The maximum atomic E-state index is 11.8. The zero-order chi connectivity index (χ0) is 14.3. The minimum atomic E-state index is -3.36. The molecule has 0 atom stereocenters. The molecule has 106 valence electrons. The van der Waals surface area contributed by atoms with Crippen LogP contribution in [0.25, 0.3) is 0 Å². The molecule has 0 aliphatic heterocycles. The van der Waals surface area contributed by atoms with Crippen molar-refractivity contribution < 1.29 is 17.9 Å². The average molecular weight is 285 g/mol. The van der Waals surface area contributed by atoms with Crippen LogP contribution in [0.1, 0.15) is 25.3 Å². The SMILES string of the molecule is CCCCS(=O)(=O)Nc1ccccc1CC(=O)OC. The zero-order valence-corrected chi connectivity index (χ0v) is 12.0. The van der Waals surface area contributed by atoms with E-state index in [9.17, 15) is 13.2 Å². The minimum absolute atomic E-state index is 0.0446. The van der Waals surface area contributed by atoms with Crippen molar-refractivity contribution in [1.82, 2.24) is 0 Å². The quantitative estimate of drug-likeness (QED) is 0.777. The van der Waals surface area contributed by atoms with Gasteiger partial charge in [0.2, 0.25) is 10.0 Å². The molecule has 0 saturated carbocycles. The second kappa shape index (κ2) is 7.13. The molecule has 1 aromatic carbocycles. The number of unbranched alkanes of at least 4 members (excludes halogenated alkanes) is 1. The van der Waals surface area contributed by atoms with Crippen molar-refractivity contribution in [2.75, 3.05) is 17.6 Å². The van der Waals surface area contributed by atoms with Crippen LogP contribution in [0.5, 0.6) is 0 Å².